The Labute approximate surface area is 165 Å². The van der Waals surface area contributed by atoms with Crippen molar-refractivity contribution < 1.29 is 9.53 Å². The number of anilines is 1. The van der Waals surface area contributed by atoms with Crippen molar-refractivity contribution >= 4 is 22.6 Å². The lowest BCUT2D eigenvalue weighted by molar-refractivity contribution is 0.100. The third kappa shape index (κ3) is 3.93. The predicted molar refractivity (Wildman–Crippen MR) is 112 cm³/mol. The highest BCUT2D eigenvalue weighted by atomic mass is 16.5. The monoisotopic (exact) mass is 375 g/mol. The summed E-state index contributed by atoms with van der Waals surface area (Å²) in [4.78, 5) is 19.0. The van der Waals surface area contributed by atoms with Crippen LogP contribution < -0.4 is 15.4 Å². The van der Waals surface area contributed by atoms with Crippen molar-refractivity contribution in [3.63, 3.8) is 0 Å². The van der Waals surface area contributed by atoms with Gasteiger partial charge in [0.1, 0.15) is 11.6 Å². The summed E-state index contributed by atoms with van der Waals surface area (Å²) in [6.07, 6.45) is 2.20. The molecule has 2 aromatic carbocycles. The number of pyridine rings is 1. The molecule has 1 aliphatic heterocycles. The predicted octanol–water partition coefficient (Wildman–Crippen LogP) is 3.94. The lowest BCUT2D eigenvalue weighted by Crippen LogP contribution is -2.38. The van der Waals surface area contributed by atoms with Gasteiger partial charge in [0, 0.05) is 24.4 Å². The number of amides is 1. The first-order chi connectivity index (χ1) is 13.6. The molecule has 5 nitrogen and oxygen atoms in total. The number of ether oxygens (including phenoxy) is 1. The smallest absolute Gasteiger partial charge is 0.249 e. The standard InChI is InChI=1S/C23H25N3O2/c1-16-6-4-8-18(12-16)28-15-17-7-5-11-26(14-17)22-13-20(23(24)27)19-9-2-3-10-21(19)25-22/h2-4,6,8-10,12-13,17H,5,7,11,14-15H2,1H3,(H2,24,27). The van der Waals surface area contributed by atoms with Crippen molar-refractivity contribution in [3.05, 3.63) is 65.7 Å². The van der Waals surface area contributed by atoms with Crippen molar-refractivity contribution in [2.45, 2.75) is 19.8 Å². The molecule has 144 valence electrons. The van der Waals surface area contributed by atoms with Crippen LogP contribution in [-0.4, -0.2) is 30.6 Å². The van der Waals surface area contributed by atoms with Crippen molar-refractivity contribution in [3.8, 4) is 5.75 Å². The van der Waals surface area contributed by atoms with E-state index in [9.17, 15) is 4.79 Å². The number of nitrogens with zero attached hydrogens (tertiary/aromatic N) is 2. The van der Waals surface area contributed by atoms with Gasteiger partial charge in [-0.05, 0) is 49.6 Å². The zero-order valence-corrected chi connectivity index (χ0v) is 16.1. The maximum Gasteiger partial charge on any atom is 0.249 e. The highest BCUT2D eigenvalue weighted by Gasteiger charge is 2.23. The van der Waals surface area contributed by atoms with E-state index in [0.717, 1.165) is 48.4 Å². The molecule has 0 saturated carbocycles. The number of nitrogens with two attached hydrogens (primary N) is 1. The summed E-state index contributed by atoms with van der Waals surface area (Å²) in [5.41, 5.74) is 8.15. The van der Waals surface area contributed by atoms with Crippen LogP contribution in [0.1, 0.15) is 28.8 Å². The van der Waals surface area contributed by atoms with E-state index in [2.05, 4.69) is 24.0 Å². The summed E-state index contributed by atoms with van der Waals surface area (Å²) < 4.78 is 6.02. The van der Waals surface area contributed by atoms with Crippen LogP contribution in [0.5, 0.6) is 5.75 Å². The number of hydrogen-bond acceptors (Lipinski definition) is 4. The topological polar surface area (TPSA) is 68.5 Å². The van der Waals surface area contributed by atoms with Gasteiger partial charge in [0.05, 0.1) is 17.7 Å². The maximum absolute atomic E-state index is 12.0. The van der Waals surface area contributed by atoms with Crippen molar-refractivity contribution in [1.29, 1.82) is 0 Å². The number of hydrogen-bond donors (Lipinski definition) is 1. The van der Waals surface area contributed by atoms with Crippen LogP contribution in [0, 0.1) is 12.8 Å². The summed E-state index contributed by atoms with van der Waals surface area (Å²) in [6.45, 7) is 4.52. The highest BCUT2D eigenvalue weighted by Crippen LogP contribution is 2.27. The number of para-hydroxylation sites is 1. The maximum atomic E-state index is 12.0. The van der Waals surface area contributed by atoms with E-state index in [1.807, 2.05) is 42.5 Å². The molecule has 1 atom stereocenters. The number of primary amides is 1. The Kier molecular flexibility index (Phi) is 5.15. The fraction of sp³-hybridized carbons (Fsp3) is 0.304. The fourth-order valence-electron chi connectivity index (χ4n) is 3.86. The Morgan fingerprint density at radius 1 is 1.21 bits per heavy atom. The summed E-state index contributed by atoms with van der Waals surface area (Å²) in [6, 6.07) is 17.6. The van der Waals surface area contributed by atoms with Gasteiger partial charge in [0.25, 0.3) is 0 Å². The third-order valence-corrected chi connectivity index (χ3v) is 5.29. The number of fused-ring (bicyclic) bond motifs is 1. The van der Waals surface area contributed by atoms with E-state index in [-0.39, 0.29) is 0 Å². The lowest BCUT2D eigenvalue weighted by Gasteiger charge is -2.33. The summed E-state index contributed by atoms with van der Waals surface area (Å²) in [5, 5.41) is 0.801. The molecule has 0 aliphatic carbocycles. The number of rotatable bonds is 5. The Balaban J connectivity index is 1.52. The lowest BCUT2D eigenvalue weighted by atomic mass is 9.98. The first-order valence-electron chi connectivity index (χ1n) is 9.74. The molecule has 5 heteroatoms. The van der Waals surface area contributed by atoms with Crippen LogP contribution in [0.25, 0.3) is 10.9 Å². The number of aromatic nitrogens is 1. The van der Waals surface area contributed by atoms with Crippen LogP contribution in [0.2, 0.25) is 0 Å². The number of carbonyl (C=O) groups is 1. The molecule has 2 N–H and O–H groups in total. The van der Waals surface area contributed by atoms with Crippen LogP contribution in [0.3, 0.4) is 0 Å². The molecule has 1 fully saturated rings. The molecule has 1 amide bonds. The molecule has 4 rings (SSSR count). The van der Waals surface area contributed by atoms with Gasteiger partial charge < -0.3 is 15.4 Å². The molecule has 1 unspecified atom stereocenters. The Morgan fingerprint density at radius 2 is 2.07 bits per heavy atom. The van der Waals surface area contributed by atoms with E-state index < -0.39 is 5.91 Å². The Bertz CT molecular complexity index is 1000. The molecule has 1 aliphatic rings. The molecule has 3 aromatic rings. The second-order valence-electron chi connectivity index (χ2n) is 7.49. The average Bonchev–Trinajstić information content (AvgIpc) is 2.71. The van der Waals surface area contributed by atoms with Gasteiger partial charge in [0.15, 0.2) is 0 Å². The largest absolute Gasteiger partial charge is 0.493 e. The van der Waals surface area contributed by atoms with Gasteiger partial charge in [-0.3, -0.25) is 4.79 Å². The second kappa shape index (κ2) is 7.89. The molecular formula is C23H25N3O2. The molecule has 0 spiro atoms. The Hall–Kier alpha value is -3.08. The first kappa shape index (κ1) is 18.3. The highest BCUT2D eigenvalue weighted by molar-refractivity contribution is 6.06. The number of piperidine rings is 1. The van der Waals surface area contributed by atoms with Crippen molar-refractivity contribution in [2.24, 2.45) is 11.7 Å². The van der Waals surface area contributed by atoms with E-state index in [0.29, 0.717) is 18.1 Å². The SMILES string of the molecule is Cc1cccc(OCC2CCCN(c3cc(C(N)=O)c4ccccc4n3)C2)c1. The van der Waals surface area contributed by atoms with Gasteiger partial charge in [-0.25, -0.2) is 4.98 Å². The summed E-state index contributed by atoms with van der Waals surface area (Å²) in [5.74, 6) is 1.72. The van der Waals surface area contributed by atoms with Gasteiger partial charge in [-0.1, -0.05) is 30.3 Å². The number of carbonyl (C=O) groups excluding carboxylic acids is 1. The molecule has 2 heterocycles. The van der Waals surface area contributed by atoms with Crippen LogP contribution in [0.4, 0.5) is 5.82 Å². The Morgan fingerprint density at radius 3 is 2.89 bits per heavy atom. The summed E-state index contributed by atoms with van der Waals surface area (Å²) in [7, 11) is 0. The van der Waals surface area contributed by atoms with E-state index in [1.165, 1.54) is 5.56 Å². The third-order valence-electron chi connectivity index (χ3n) is 5.29. The number of benzene rings is 2. The van der Waals surface area contributed by atoms with Gasteiger partial charge in [-0.2, -0.15) is 0 Å². The van der Waals surface area contributed by atoms with Gasteiger partial charge in [0.2, 0.25) is 5.91 Å². The summed E-state index contributed by atoms with van der Waals surface area (Å²) >= 11 is 0. The molecule has 1 saturated heterocycles. The van der Waals surface area contributed by atoms with Crippen molar-refractivity contribution in [1.82, 2.24) is 4.98 Å². The molecule has 28 heavy (non-hydrogen) atoms. The second-order valence-corrected chi connectivity index (χ2v) is 7.49. The van der Waals surface area contributed by atoms with E-state index in [4.69, 9.17) is 15.5 Å². The van der Waals surface area contributed by atoms with Crippen LogP contribution in [0.15, 0.2) is 54.6 Å². The van der Waals surface area contributed by atoms with E-state index >= 15 is 0 Å². The minimum absolute atomic E-state index is 0.416. The van der Waals surface area contributed by atoms with E-state index in [1.54, 1.807) is 0 Å². The zero-order valence-electron chi connectivity index (χ0n) is 16.1. The van der Waals surface area contributed by atoms with Gasteiger partial charge in [-0.15, -0.1) is 0 Å². The van der Waals surface area contributed by atoms with Crippen LogP contribution in [-0.2, 0) is 0 Å². The fourth-order valence-corrected chi connectivity index (χ4v) is 3.86. The van der Waals surface area contributed by atoms with Gasteiger partial charge >= 0.3 is 0 Å². The van der Waals surface area contributed by atoms with Crippen molar-refractivity contribution in [2.75, 3.05) is 24.6 Å². The quantitative estimate of drug-likeness (QED) is 0.733. The molecule has 1 aromatic heterocycles. The average molecular weight is 375 g/mol. The minimum atomic E-state index is -0.420. The normalized spacial score (nSPS) is 16.9. The molecule has 0 radical (unpaired) electrons. The minimum Gasteiger partial charge on any atom is -0.493 e. The zero-order chi connectivity index (χ0) is 19.5. The van der Waals surface area contributed by atoms with Crippen LogP contribution >= 0.6 is 0 Å². The molecular weight excluding hydrogens is 350 g/mol. The first-order valence-corrected chi connectivity index (χ1v) is 9.74. The molecule has 0 bridgehead atoms. The number of aryl methyl sites for hydroxylation is 1.